The van der Waals surface area contributed by atoms with Crippen molar-refractivity contribution in [3.05, 3.63) is 29.6 Å². The van der Waals surface area contributed by atoms with Crippen LogP contribution < -0.4 is 5.73 Å². The number of carboxylic acids is 1. The minimum Gasteiger partial charge on any atom is -0.481 e. The quantitative estimate of drug-likeness (QED) is 0.555. The van der Waals surface area contributed by atoms with E-state index in [1.807, 2.05) is 0 Å². The molecule has 1 aromatic rings. The lowest BCUT2D eigenvalue weighted by molar-refractivity contribution is -0.141. The molecular formula is C10H12FNO4. The second kappa shape index (κ2) is 4.91. The smallest absolute Gasteiger partial charge is 0.306 e. The maximum absolute atomic E-state index is 13.0. The normalized spacial score (nSPS) is 14.4. The van der Waals surface area contributed by atoms with Crippen LogP contribution >= 0.6 is 0 Å². The highest BCUT2D eigenvalue weighted by Gasteiger charge is 2.21. The van der Waals surface area contributed by atoms with E-state index in [2.05, 4.69) is 0 Å². The fourth-order valence-electron chi connectivity index (χ4n) is 1.24. The molecule has 0 spiro atoms. The zero-order valence-corrected chi connectivity index (χ0v) is 8.30. The molecule has 5 N–H and O–H groups in total. The molecule has 5 nitrogen and oxygen atoms in total. The van der Waals surface area contributed by atoms with Crippen LogP contribution in [-0.4, -0.2) is 27.4 Å². The Labute approximate surface area is 90.9 Å². The van der Waals surface area contributed by atoms with Gasteiger partial charge in [0, 0.05) is 0 Å². The van der Waals surface area contributed by atoms with Crippen molar-refractivity contribution in [2.45, 2.75) is 18.6 Å². The van der Waals surface area contributed by atoms with E-state index in [-0.39, 0.29) is 11.3 Å². The van der Waals surface area contributed by atoms with E-state index in [4.69, 9.17) is 10.8 Å². The molecule has 0 bridgehead atoms. The summed E-state index contributed by atoms with van der Waals surface area (Å²) in [5, 5.41) is 27.3. The Kier molecular flexibility index (Phi) is 3.81. The predicted octanol–water partition coefficient (Wildman–Crippen LogP) is 0.277. The van der Waals surface area contributed by atoms with Crippen molar-refractivity contribution in [2.24, 2.45) is 0 Å². The van der Waals surface area contributed by atoms with Crippen molar-refractivity contribution in [3.8, 4) is 0 Å². The second-order valence-corrected chi connectivity index (χ2v) is 3.39. The minimum atomic E-state index is -1.49. The fraction of sp³-hybridized carbons (Fsp3) is 0.300. The van der Waals surface area contributed by atoms with E-state index < -0.39 is 30.4 Å². The summed E-state index contributed by atoms with van der Waals surface area (Å²) in [7, 11) is 0. The molecule has 2 atom stereocenters. The van der Waals surface area contributed by atoms with Crippen molar-refractivity contribution in [1.29, 1.82) is 0 Å². The third kappa shape index (κ3) is 2.91. The number of aliphatic hydroxyl groups excluding tert-OH is 2. The van der Waals surface area contributed by atoms with Gasteiger partial charge in [-0.05, 0) is 17.7 Å². The molecule has 88 valence electrons. The van der Waals surface area contributed by atoms with Crippen molar-refractivity contribution < 1.29 is 24.5 Å². The third-order valence-corrected chi connectivity index (χ3v) is 2.11. The van der Waals surface area contributed by atoms with Gasteiger partial charge in [-0.3, -0.25) is 4.79 Å². The van der Waals surface area contributed by atoms with Gasteiger partial charge in [-0.2, -0.15) is 0 Å². The Bertz CT molecular complexity index is 396. The van der Waals surface area contributed by atoms with Gasteiger partial charge < -0.3 is 21.1 Å². The third-order valence-electron chi connectivity index (χ3n) is 2.11. The Hall–Kier alpha value is -1.66. The molecule has 0 aromatic heterocycles. The van der Waals surface area contributed by atoms with Crippen LogP contribution in [0.15, 0.2) is 18.2 Å². The number of benzene rings is 1. The first-order valence-electron chi connectivity index (χ1n) is 4.54. The molecule has 0 aliphatic carbocycles. The molecule has 0 aliphatic heterocycles. The van der Waals surface area contributed by atoms with Crippen LogP contribution in [0, 0.1) is 5.82 Å². The minimum absolute atomic E-state index is 0.0799. The summed E-state index contributed by atoms with van der Waals surface area (Å²) in [4.78, 5) is 10.3. The van der Waals surface area contributed by atoms with E-state index in [0.717, 1.165) is 6.07 Å². The highest BCUT2D eigenvalue weighted by Crippen LogP contribution is 2.22. The van der Waals surface area contributed by atoms with Gasteiger partial charge in [0.2, 0.25) is 0 Å². The molecule has 0 amide bonds. The largest absolute Gasteiger partial charge is 0.481 e. The number of nitrogen functional groups attached to an aromatic ring is 1. The molecule has 0 fully saturated rings. The van der Waals surface area contributed by atoms with Gasteiger partial charge in [-0.25, -0.2) is 4.39 Å². The molecule has 0 heterocycles. The molecule has 0 aliphatic rings. The lowest BCUT2D eigenvalue weighted by Gasteiger charge is -2.16. The Morgan fingerprint density at radius 1 is 1.44 bits per heavy atom. The number of carbonyl (C=O) groups is 1. The van der Waals surface area contributed by atoms with Gasteiger partial charge in [0.25, 0.3) is 0 Å². The number of aliphatic carboxylic acids is 1. The molecule has 0 saturated heterocycles. The molecule has 1 rings (SSSR count). The van der Waals surface area contributed by atoms with Gasteiger partial charge >= 0.3 is 5.97 Å². The van der Waals surface area contributed by atoms with Crippen LogP contribution in [0.3, 0.4) is 0 Å². The molecule has 2 unspecified atom stereocenters. The fourth-order valence-corrected chi connectivity index (χ4v) is 1.24. The number of halogens is 1. The summed E-state index contributed by atoms with van der Waals surface area (Å²) in [6.07, 6.45) is -3.56. The van der Waals surface area contributed by atoms with Crippen LogP contribution in [0.5, 0.6) is 0 Å². The van der Waals surface area contributed by atoms with Gasteiger partial charge in [0.15, 0.2) is 0 Å². The van der Waals surface area contributed by atoms with Crippen molar-refractivity contribution in [2.75, 3.05) is 5.73 Å². The van der Waals surface area contributed by atoms with Gasteiger partial charge in [-0.15, -0.1) is 0 Å². The van der Waals surface area contributed by atoms with Crippen LogP contribution in [0.1, 0.15) is 18.1 Å². The molecule has 0 radical (unpaired) electrons. The first-order valence-corrected chi connectivity index (χ1v) is 4.54. The number of anilines is 1. The van der Waals surface area contributed by atoms with Crippen LogP contribution in [0.25, 0.3) is 0 Å². The Morgan fingerprint density at radius 3 is 2.56 bits per heavy atom. The molecule has 16 heavy (non-hydrogen) atoms. The Morgan fingerprint density at radius 2 is 2.06 bits per heavy atom. The predicted molar refractivity (Wildman–Crippen MR) is 54.0 cm³/mol. The molecule has 1 aromatic carbocycles. The van der Waals surface area contributed by atoms with Crippen molar-refractivity contribution in [3.63, 3.8) is 0 Å². The van der Waals surface area contributed by atoms with Gasteiger partial charge in [-0.1, -0.05) is 6.07 Å². The van der Waals surface area contributed by atoms with E-state index in [1.165, 1.54) is 12.1 Å². The lowest BCUT2D eigenvalue weighted by Crippen LogP contribution is -2.21. The standard InChI is InChI=1S/C10H12FNO4/c11-6-3-5(1-2-7(6)12)10(16)8(13)4-9(14)15/h1-3,8,10,13,16H,4,12H2,(H,14,15). The SMILES string of the molecule is Nc1ccc(C(O)C(O)CC(=O)O)cc1F. The first-order chi connectivity index (χ1) is 7.41. The number of hydrogen-bond donors (Lipinski definition) is 4. The summed E-state index contributed by atoms with van der Waals surface area (Å²) in [6, 6.07) is 3.53. The molecule has 6 heteroatoms. The monoisotopic (exact) mass is 229 g/mol. The number of rotatable bonds is 4. The number of nitrogens with two attached hydrogens (primary N) is 1. The van der Waals surface area contributed by atoms with E-state index >= 15 is 0 Å². The van der Waals surface area contributed by atoms with Gasteiger partial charge in [0.1, 0.15) is 11.9 Å². The van der Waals surface area contributed by atoms with Crippen LogP contribution in [0.2, 0.25) is 0 Å². The van der Waals surface area contributed by atoms with Crippen molar-refractivity contribution >= 4 is 11.7 Å². The zero-order valence-electron chi connectivity index (χ0n) is 8.30. The maximum atomic E-state index is 13.0. The maximum Gasteiger partial charge on any atom is 0.306 e. The zero-order chi connectivity index (χ0) is 12.3. The van der Waals surface area contributed by atoms with E-state index in [9.17, 15) is 19.4 Å². The lowest BCUT2D eigenvalue weighted by atomic mass is 10.0. The average Bonchev–Trinajstić information content (AvgIpc) is 2.20. The summed E-state index contributed by atoms with van der Waals surface area (Å²) in [5.41, 5.74) is 5.24. The number of hydrogen-bond acceptors (Lipinski definition) is 4. The highest BCUT2D eigenvalue weighted by molar-refractivity contribution is 5.67. The van der Waals surface area contributed by atoms with E-state index in [1.54, 1.807) is 0 Å². The highest BCUT2D eigenvalue weighted by atomic mass is 19.1. The van der Waals surface area contributed by atoms with E-state index in [0.29, 0.717) is 0 Å². The number of aliphatic hydroxyl groups is 2. The average molecular weight is 229 g/mol. The summed E-state index contributed by atoms with van der Waals surface area (Å²) < 4.78 is 13.0. The molecular weight excluding hydrogens is 217 g/mol. The summed E-state index contributed by atoms with van der Waals surface area (Å²) >= 11 is 0. The van der Waals surface area contributed by atoms with Gasteiger partial charge in [0.05, 0.1) is 18.2 Å². The van der Waals surface area contributed by atoms with Crippen molar-refractivity contribution in [1.82, 2.24) is 0 Å². The van der Waals surface area contributed by atoms with Crippen LogP contribution in [-0.2, 0) is 4.79 Å². The topological polar surface area (TPSA) is 104 Å². The molecule has 0 saturated carbocycles. The Balaban J connectivity index is 2.83. The first kappa shape index (κ1) is 12.4. The summed E-state index contributed by atoms with van der Waals surface area (Å²) in [5.74, 6) is -1.97. The van der Waals surface area contributed by atoms with Crippen LogP contribution in [0.4, 0.5) is 10.1 Å². The summed E-state index contributed by atoms with van der Waals surface area (Å²) in [6.45, 7) is 0. The number of carboxylic acid groups (broad SMARTS) is 1. The second-order valence-electron chi connectivity index (χ2n) is 3.39.